The fraction of sp³-hybridized carbons (Fsp3) is 0. The summed E-state index contributed by atoms with van der Waals surface area (Å²) in [5.41, 5.74) is 5.37. The number of hydrogen-bond donors (Lipinski definition) is 2. The summed E-state index contributed by atoms with van der Waals surface area (Å²) in [6, 6.07) is 1.66. The Morgan fingerprint density at radius 3 is 2.85 bits per heavy atom. The van der Waals surface area contributed by atoms with Crippen molar-refractivity contribution in [2.24, 2.45) is 0 Å². The van der Waals surface area contributed by atoms with Crippen LogP contribution in [0, 0.1) is 5.82 Å². The Kier molecular flexibility index (Phi) is 1.84. The highest BCUT2D eigenvalue weighted by Crippen LogP contribution is 2.30. The zero-order valence-corrected chi connectivity index (χ0v) is 7.93. The summed E-state index contributed by atoms with van der Waals surface area (Å²) in [6.45, 7) is 0. The van der Waals surface area contributed by atoms with E-state index in [1.54, 1.807) is 6.07 Å². The topological polar surface area (TPSA) is 67.8 Å². The maximum absolute atomic E-state index is 13.2. The molecule has 0 amide bonds. The summed E-state index contributed by atoms with van der Waals surface area (Å²) in [4.78, 5) is 0. The molecular formula is C7H5BrFN3O. The lowest BCUT2D eigenvalue weighted by atomic mass is 10.3. The molecule has 0 saturated heterocycles. The number of H-pyrrole nitrogens is 1. The van der Waals surface area contributed by atoms with E-state index in [9.17, 15) is 4.39 Å². The van der Waals surface area contributed by atoms with Crippen LogP contribution in [-0.2, 0) is 0 Å². The standard InChI is InChI=1S/C7H5BrFN3O/c8-3-1-2-13-6(3)5-4(9)7(10)12-11-5/h1-2H,(H3,10,11,12). The molecule has 68 valence electrons. The molecule has 0 fully saturated rings. The predicted molar refractivity (Wildman–Crippen MR) is 48.4 cm³/mol. The average molecular weight is 246 g/mol. The molecule has 2 aromatic rings. The molecule has 0 atom stereocenters. The highest BCUT2D eigenvalue weighted by Gasteiger charge is 2.16. The van der Waals surface area contributed by atoms with Gasteiger partial charge in [0, 0.05) is 0 Å². The maximum atomic E-state index is 13.2. The molecule has 0 saturated carbocycles. The number of nitrogens with one attached hydrogen (secondary N) is 1. The van der Waals surface area contributed by atoms with Crippen molar-refractivity contribution in [1.82, 2.24) is 10.2 Å². The number of rotatable bonds is 1. The van der Waals surface area contributed by atoms with Crippen molar-refractivity contribution in [2.75, 3.05) is 5.73 Å². The second-order valence-corrected chi connectivity index (χ2v) is 3.25. The van der Waals surface area contributed by atoms with E-state index in [0.29, 0.717) is 10.2 Å². The van der Waals surface area contributed by atoms with E-state index in [2.05, 4.69) is 26.1 Å². The zero-order valence-electron chi connectivity index (χ0n) is 6.34. The van der Waals surface area contributed by atoms with Gasteiger partial charge in [0.25, 0.3) is 0 Å². The SMILES string of the molecule is Nc1n[nH]c(-c2occc2Br)c1F. The molecule has 6 heteroatoms. The van der Waals surface area contributed by atoms with E-state index in [1.807, 2.05) is 0 Å². The molecule has 2 aromatic heterocycles. The van der Waals surface area contributed by atoms with Gasteiger partial charge in [-0.05, 0) is 22.0 Å². The number of aromatic amines is 1. The molecule has 0 spiro atoms. The van der Waals surface area contributed by atoms with Gasteiger partial charge in [-0.3, -0.25) is 5.10 Å². The Balaban J connectivity index is 2.59. The number of nitrogen functional groups attached to an aromatic ring is 1. The summed E-state index contributed by atoms with van der Waals surface area (Å²) >= 11 is 3.20. The van der Waals surface area contributed by atoms with Gasteiger partial charge in [0.1, 0.15) is 5.69 Å². The van der Waals surface area contributed by atoms with Crippen LogP contribution >= 0.6 is 15.9 Å². The van der Waals surface area contributed by atoms with Gasteiger partial charge in [-0.2, -0.15) is 5.10 Å². The minimum atomic E-state index is -0.601. The van der Waals surface area contributed by atoms with Crippen molar-refractivity contribution in [2.45, 2.75) is 0 Å². The smallest absolute Gasteiger partial charge is 0.195 e. The molecule has 0 aromatic carbocycles. The summed E-state index contributed by atoms with van der Waals surface area (Å²) in [5.74, 6) is -0.421. The van der Waals surface area contributed by atoms with Crippen LogP contribution in [0.4, 0.5) is 10.2 Å². The Hall–Kier alpha value is -1.30. The van der Waals surface area contributed by atoms with Crippen molar-refractivity contribution in [3.05, 3.63) is 22.6 Å². The number of aromatic nitrogens is 2. The lowest BCUT2D eigenvalue weighted by Gasteiger charge is -1.91. The second-order valence-electron chi connectivity index (χ2n) is 2.40. The van der Waals surface area contributed by atoms with Gasteiger partial charge in [0.2, 0.25) is 0 Å². The van der Waals surface area contributed by atoms with Gasteiger partial charge < -0.3 is 10.2 Å². The molecule has 0 radical (unpaired) electrons. The largest absolute Gasteiger partial charge is 0.461 e. The van der Waals surface area contributed by atoms with Gasteiger partial charge >= 0.3 is 0 Å². The van der Waals surface area contributed by atoms with Gasteiger partial charge in [-0.1, -0.05) is 0 Å². The van der Waals surface area contributed by atoms with Crippen LogP contribution in [0.25, 0.3) is 11.5 Å². The summed E-state index contributed by atoms with van der Waals surface area (Å²) in [6.07, 6.45) is 1.44. The van der Waals surface area contributed by atoms with Crippen LogP contribution in [0.1, 0.15) is 0 Å². The summed E-state index contributed by atoms with van der Waals surface area (Å²) in [7, 11) is 0. The van der Waals surface area contributed by atoms with Crippen molar-refractivity contribution in [3.63, 3.8) is 0 Å². The molecular weight excluding hydrogens is 241 g/mol. The van der Waals surface area contributed by atoms with E-state index in [0.717, 1.165) is 0 Å². The third kappa shape index (κ3) is 1.23. The first-order chi connectivity index (χ1) is 6.20. The third-order valence-corrected chi connectivity index (χ3v) is 2.20. The molecule has 0 bridgehead atoms. The Morgan fingerprint density at radius 1 is 1.62 bits per heavy atom. The van der Waals surface area contributed by atoms with Crippen molar-refractivity contribution >= 4 is 21.7 Å². The van der Waals surface area contributed by atoms with Crippen molar-refractivity contribution in [3.8, 4) is 11.5 Å². The highest BCUT2D eigenvalue weighted by molar-refractivity contribution is 9.10. The maximum Gasteiger partial charge on any atom is 0.195 e. The predicted octanol–water partition coefficient (Wildman–Crippen LogP) is 2.15. The number of nitrogens with zero attached hydrogens (tertiary/aromatic N) is 1. The molecule has 0 aliphatic carbocycles. The Labute approximate surface area is 81.1 Å². The average Bonchev–Trinajstić information content (AvgIpc) is 2.62. The minimum absolute atomic E-state index is 0.148. The fourth-order valence-electron chi connectivity index (χ4n) is 0.965. The van der Waals surface area contributed by atoms with Crippen molar-refractivity contribution < 1.29 is 8.81 Å². The monoisotopic (exact) mass is 245 g/mol. The lowest BCUT2D eigenvalue weighted by molar-refractivity contribution is 0.567. The first-order valence-electron chi connectivity index (χ1n) is 3.43. The molecule has 4 nitrogen and oxygen atoms in total. The van der Waals surface area contributed by atoms with Gasteiger partial charge in [0.15, 0.2) is 17.4 Å². The number of nitrogens with two attached hydrogens (primary N) is 1. The number of hydrogen-bond acceptors (Lipinski definition) is 3. The molecule has 2 rings (SSSR count). The number of halogens is 2. The molecule has 3 N–H and O–H groups in total. The van der Waals surface area contributed by atoms with E-state index in [4.69, 9.17) is 10.2 Å². The van der Waals surface area contributed by atoms with E-state index >= 15 is 0 Å². The van der Waals surface area contributed by atoms with Crippen molar-refractivity contribution in [1.29, 1.82) is 0 Å². The van der Waals surface area contributed by atoms with Crippen LogP contribution in [0.3, 0.4) is 0 Å². The van der Waals surface area contributed by atoms with Crippen LogP contribution in [0.2, 0.25) is 0 Å². The fourth-order valence-corrected chi connectivity index (χ4v) is 1.36. The first kappa shape index (κ1) is 8.31. The van der Waals surface area contributed by atoms with Crippen LogP contribution in [-0.4, -0.2) is 10.2 Å². The van der Waals surface area contributed by atoms with E-state index in [-0.39, 0.29) is 11.5 Å². The van der Waals surface area contributed by atoms with Gasteiger partial charge in [-0.15, -0.1) is 0 Å². The zero-order chi connectivity index (χ0) is 9.42. The third-order valence-electron chi connectivity index (χ3n) is 1.58. The molecule has 2 heterocycles. The highest BCUT2D eigenvalue weighted by atomic mass is 79.9. The quantitative estimate of drug-likeness (QED) is 0.809. The first-order valence-corrected chi connectivity index (χ1v) is 4.22. The normalized spacial score (nSPS) is 10.6. The molecule has 0 aliphatic rings. The number of furan rings is 1. The molecule has 0 aliphatic heterocycles. The minimum Gasteiger partial charge on any atom is -0.461 e. The lowest BCUT2D eigenvalue weighted by Crippen LogP contribution is -1.87. The van der Waals surface area contributed by atoms with Gasteiger partial charge in [-0.25, -0.2) is 4.39 Å². The van der Waals surface area contributed by atoms with Crippen LogP contribution in [0.5, 0.6) is 0 Å². The van der Waals surface area contributed by atoms with Gasteiger partial charge in [0.05, 0.1) is 10.7 Å². The molecule has 13 heavy (non-hydrogen) atoms. The summed E-state index contributed by atoms with van der Waals surface area (Å²) < 4.78 is 18.9. The number of anilines is 1. The molecule has 0 unspecified atom stereocenters. The van der Waals surface area contributed by atoms with E-state index in [1.165, 1.54) is 6.26 Å². The van der Waals surface area contributed by atoms with Crippen LogP contribution < -0.4 is 5.73 Å². The Morgan fingerprint density at radius 2 is 2.38 bits per heavy atom. The van der Waals surface area contributed by atoms with Crippen LogP contribution in [0.15, 0.2) is 21.2 Å². The van der Waals surface area contributed by atoms with E-state index < -0.39 is 5.82 Å². The summed E-state index contributed by atoms with van der Waals surface area (Å²) in [5, 5.41) is 5.95. The second kappa shape index (κ2) is 2.88. The Bertz CT molecular complexity index is 437.